The molecule has 0 aliphatic carbocycles. The molecule has 90 valence electrons. The number of hydrogen-bond donors (Lipinski definition) is 0. The van der Waals surface area contributed by atoms with Crippen molar-refractivity contribution in [2.24, 2.45) is 0 Å². The maximum absolute atomic E-state index is 14.0. The summed E-state index contributed by atoms with van der Waals surface area (Å²) < 4.78 is 29.0. The van der Waals surface area contributed by atoms with Crippen LogP contribution in [-0.4, -0.2) is 21.0 Å². The van der Waals surface area contributed by atoms with Crippen molar-refractivity contribution in [3.63, 3.8) is 0 Å². The lowest BCUT2D eigenvalue weighted by molar-refractivity contribution is 0.0485. The van der Waals surface area contributed by atoms with E-state index in [-0.39, 0.29) is 18.4 Å². The summed E-state index contributed by atoms with van der Waals surface area (Å²) in [5.41, 5.74) is 0. The Balaban J connectivity index is 2.45. The second kappa shape index (κ2) is 5.01. The van der Waals surface area contributed by atoms with E-state index >= 15 is 0 Å². The highest BCUT2D eigenvalue weighted by Gasteiger charge is 2.08. The Morgan fingerprint density at radius 2 is 1.94 bits per heavy atom. The fourth-order valence-corrected chi connectivity index (χ4v) is 1.61. The topological polar surface area (TPSA) is 27.7 Å². The first-order valence-electron chi connectivity index (χ1n) is 5.14. The van der Waals surface area contributed by atoms with E-state index in [2.05, 4.69) is 0 Å². The van der Waals surface area contributed by atoms with Crippen molar-refractivity contribution < 1.29 is 18.6 Å². The number of fused-ring (bicyclic) bond motifs is 1. The van der Waals surface area contributed by atoms with Crippen molar-refractivity contribution in [1.82, 2.24) is 0 Å². The van der Waals surface area contributed by atoms with Crippen LogP contribution in [0.15, 0.2) is 30.3 Å². The molecule has 0 unspecified atom stereocenters. The summed E-state index contributed by atoms with van der Waals surface area (Å²) in [6.07, 6.45) is 0. The largest absolute Gasteiger partial charge is 0.497 e. The Morgan fingerprint density at radius 1 is 1.12 bits per heavy atom. The summed E-state index contributed by atoms with van der Waals surface area (Å²) >= 11 is 0. The summed E-state index contributed by atoms with van der Waals surface area (Å²) in [5, 5.41) is 1.27. The Morgan fingerprint density at radius 3 is 2.65 bits per heavy atom. The highest BCUT2D eigenvalue weighted by atomic mass is 19.1. The zero-order valence-corrected chi connectivity index (χ0v) is 9.70. The maximum Gasteiger partial charge on any atom is 0.188 e. The van der Waals surface area contributed by atoms with Crippen molar-refractivity contribution in [3.8, 4) is 11.5 Å². The van der Waals surface area contributed by atoms with Crippen molar-refractivity contribution >= 4 is 10.8 Å². The molecule has 0 amide bonds. The minimum atomic E-state index is -0.387. The summed E-state index contributed by atoms with van der Waals surface area (Å²) in [5.74, 6) is 0.495. The zero-order chi connectivity index (χ0) is 12.3. The Labute approximate surface area is 98.7 Å². The fourth-order valence-electron chi connectivity index (χ4n) is 1.61. The molecule has 2 aromatic rings. The van der Waals surface area contributed by atoms with E-state index in [1.165, 1.54) is 7.11 Å². The molecule has 0 aliphatic rings. The normalized spacial score (nSPS) is 10.5. The van der Waals surface area contributed by atoms with Gasteiger partial charge in [0.1, 0.15) is 5.75 Å². The first-order valence-corrected chi connectivity index (χ1v) is 5.14. The van der Waals surface area contributed by atoms with Gasteiger partial charge in [-0.05, 0) is 29.7 Å². The minimum Gasteiger partial charge on any atom is -0.497 e. The van der Waals surface area contributed by atoms with Crippen LogP contribution in [0.5, 0.6) is 11.5 Å². The molecule has 0 saturated carbocycles. The van der Waals surface area contributed by atoms with E-state index in [4.69, 9.17) is 14.2 Å². The first kappa shape index (κ1) is 11.7. The van der Waals surface area contributed by atoms with Crippen molar-refractivity contribution in [2.75, 3.05) is 21.0 Å². The predicted molar refractivity (Wildman–Crippen MR) is 63.0 cm³/mol. The third-order valence-electron chi connectivity index (χ3n) is 2.46. The Bertz CT molecular complexity index is 525. The van der Waals surface area contributed by atoms with Gasteiger partial charge < -0.3 is 14.2 Å². The minimum absolute atomic E-state index is 0.0264. The molecule has 0 aromatic heterocycles. The molecule has 0 N–H and O–H groups in total. The molecule has 0 saturated heterocycles. The Hall–Kier alpha value is -1.81. The summed E-state index contributed by atoms with van der Waals surface area (Å²) in [7, 11) is 3.07. The second-order valence-corrected chi connectivity index (χ2v) is 3.52. The molecule has 17 heavy (non-hydrogen) atoms. The van der Waals surface area contributed by atoms with Gasteiger partial charge in [-0.25, -0.2) is 4.39 Å². The highest BCUT2D eigenvalue weighted by Crippen LogP contribution is 2.28. The van der Waals surface area contributed by atoms with Crippen LogP contribution in [0.2, 0.25) is 0 Å². The highest BCUT2D eigenvalue weighted by molar-refractivity contribution is 5.85. The lowest BCUT2D eigenvalue weighted by Crippen LogP contribution is -2.00. The zero-order valence-electron chi connectivity index (χ0n) is 9.70. The molecule has 2 aromatic carbocycles. The molecular weight excluding hydrogens is 223 g/mol. The summed E-state index contributed by atoms with van der Waals surface area (Å²) in [6, 6.07) is 8.52. The van der Waals surface area contributed by atoms with Crippen LogP contribution in [0.1, 0.15) is 0 Å². The number of halogens is 1. The van der Waals surface area contributed by atoms with Gasteiger partial charge in [-0.2, -0.15) is 0 Å². The van der Waals surface area contributed by atoms with Crippen LogP contribution in [0.25, 0.3) is 10.8 Å². The van der Waals surface area contributed by atoms with Gasteiger partial charge in [0.15, 0.2) is 18.4 Å². The SMILES string of the molecule is COCOc1ccc2cc(OC)ccc2c1F. The van der Waals surface area contributed by atoms with Crippen molar-refractivity contribution in [1.29, 1.82) is 0 Å². The smallest absolute Gasteiger partial charge is 0.188 e. The molecule has 2 rings (SSSR count). The van der Waals surface area contributed by atoms with Gasteiger partial charge in [0.05, 0.1) is 7.11 Å². The van der Waals surface area contributed by atoms with Gasteiger partial charge in [-0.1, -0.05) is 6.07 Å². The third kappa shape index (κ3) is 2.31. The number of methoxy groups -OCH3 is 2. The molecule has 0 spiro atoms. The van der Waals surface area contributed by atoms with Crippen LogP contribution in [0, 0.1) is 5.82 Å². The van der Waals surface area contributed by atoms with Gasteiger partial charge in [-0.15, -0.1) is 0 Å². The first-order chi connectivity index (χ1) is 8.26. The molecule has 0 aliphatic heterocycles. The van der Waals surface area contributed by atoms with E-state index in [9.17, 15) is 4.39 Å². The van der Waals surface area contributed by atoms with E-state index in [1.54, 1.807) is 37.4 Å². The molecule has 0 fully saturated rings. The lowest BCUT2D eigenvalue weighted by atomic mass is 10.1. The summed E-state index contributed by atoms with van der Waals surface area (Å²) in [6.45, 7) is 0.0264. The number of ether oxygens (including phenoxy) is 3. The number of benzene rings is 2. The van der Waals surface area contributed by atoms with E-state index < -0.39 is 0 Å². The van der Waals surface area contributed by atoms with E-state index in [0.29, 0.717) is 11.1 Å². The van der Waals surface area contributed by atoms with Crippen LogP contribution in [0.3, 0.4) is 0 Å². The fraction of sp³-hybridized carbons (Fsp3) is 0.231. The van der Waals surface area contributed by atoms with Gasteiger partial charge >= 0.3 is 0 Å². The van der Waals surface area contributed by atoms with Gasteiger partial charge in [0, 0.05) is 12.5 Å². The molecule has 0 radical (unpaired) electrons. The van der Waals surface area contributed by atoms with Gasteiger partial charge in [-0.3, -0.25) is 0 Å². The predicted octanol–water partition coefficient (Wildman–Crippen LogP) is 2.97. The quantitative estimate of drug-likeness (QED) is 0.764. The van der Waals surface area contributed by atoms with Crippen molar-refractivity contribution in [3.05, 3.63) is 36.1 Å². The second-order valence-electron chi connectivity index (χ2n) is 3.52. The molecule has 0 heterocycles. The van der Waals surface area contributed by atoms with Crippen LogP contribution in [-0.2, 0) is 4.74 Å². The van der Waals surface area contributed by atoms with Crippen LogP contribution < -0.4 is 9.47 Å². The Kier molecular flexibility index (Phi) is 3.44. The molecule has 4 heteroatoms. The number of rotatable bonds is 4. The molecule has 0 atom stereocenters. The average molecular weight is 236 g/mol. The maximum atomic E-state index is 14.0. The van der Waals surface area contributed by atoms with Gasteiger partial charge in [0.2, 0.25) is 0 Å². The monoisotopic (exact) mass is 236 g/mol. The van der Waals surface area contributed by atoms with Gasteiger partial charge in [0.25, 0.3) is 0 Å². The van der Waals surface area contributed by atoms with Crippen LogP contribution >= 0.6 is 0 Å². The lowest BCUT2D eigenvalue weighted by Gasteiger charge is -2.09. The number of hydrogen-bond acceptors (Lipinski definition) is 3. The average Bonchev–Trinajstić information content (AvgIpc) is 2.37. The molecular formula is C13H13FO3. The molecule has 3 nitrogen and oxygen atoms in total. The van der Waals surface area contributed by atoms with Crippen molar-refractivity contribution in [2.45, 2.75) is 0 Å². The third-order valence-corrected chi connectivity index (χ3v) is 2.46. The van der Waals surface area contributed by atoms with E-state index in [1.807, 2.05) is 0 Å². The molecule has 0 bridgehead atoms. The standard InChI is InChI=1S/C13H13FO3/c1-15-8-17-12-6-3-9-7-10(16-2)4-5-11(9)13(12)14/h3-7H,8H2,1-2H3. The van der Waals surface area contributed by atoms with E-state index in [0.717, 1.165) is 5.39 Å². The van der Waals surface area contributed by atoms with Crippen LogP contribution in [0.4, 0.5) is 4.39 Å². The summed E-state index contributed by atoms with van der Waals surface area (Å²) in [4.78, 5) is 0.